The molecule has 0 aliphatic carbocycles. The second-order valence-electron chi connectivity index (χ2n) is 5.64. The first-order valence-corrected chi connectivity index (χ1v) is 7.77. The molecule has 21 heavy (non-hydrogen) atoms. The van der Waals surface area contributed by atoms with Gasteiger partial charge in [0, 0.05) is 31.6 Å². The van der Waals surface area contributed by atoms with Crippen LogP contribution in [0, 0.1) is 0 Å². The molecule has 1 aromatic carbocycles. The minimum Gasteiger partial charge on any atom is -0.496 e. The number of amides is 1. The van der Waals surface area contributed by atoms with Gasteiger partial charge in [0.25, 0.3) is 0 Å². The summed E-state index contributed by atoms with van der Waals surface area (Å²) in [6.07, 6.45) is 2.42. The molecule has 0 spiro atoms. The van der Waals surface area contributed by atoms with Crippen molar-refractivity contribution in [1.82, 2.24) is 9.80 Å². The van der Waals surface area contributed by atoms with Crippen LogP contribution in [0.3, 0.4) is 0 Å². The topological polar surface area (TPSA) is 32.8 Å². The molecule has 1 fully saturated rings. The number of rotatable bonds is 6. The largest absolute Gasteiger partial charge is 0.496 e. The van der Waals surface area contributed by atoms with Gasteiger partial charge in [0.05, 0.1) is 7.11 Å². The van der Waals surface area contributed by atoms with Crippen molar-refractivity contribution < 1.29 is 9.53 Å². The van der Waals surface area contributed by atoms with Crippen molar-refractivity contribution in [3.63, 3.8) is 0 Å². The zero-order valence-electron chi connectivity index (χ0n) is 13.3. The van der Waals surface area contributed by atoms with Crippen molar-refractivity contribution in [2.75, 3.05) is 26.7 Å². The van der Waals surface area contributed by atoms with E-state index in [1.54, 1.807) is 14.0 Å². The molecule has 1 amide bonds. The second-order valence-corrected chi connectivity index (χ2v) is 5.64. The summed E-state index contributed by atoms with van der Waals surface area (Å²) in [4.78, 5) is 16.4. The van der Waals surface area contributed by atoms with Crippen LogP contribution in [0.1, 0.15) is 32.3 Å². The number of hydrogen-bond donors (Lipinski definition) is 0. The molecular weight excluding hydrogens is 264 g/mol. The fourth-order valence-electron chi connectivity index (χ4n) is 3.12. The van der Waals surface area contributed by atoms with Crippen LogP contribution in [-0.2, 0) is 11.3 Å². The van der Waals surface area contributed by atoms with Gasteiger partial charge < -0.3 is 9.64 Å². The smallest absolute Gasteiger partial charge is 0.219 e. The summed E-state index contributed by atoms with van der Waals surface area (Å²) < 4.78 is 5.39. The molecule has 0 saturated carbocycles. The Bertz CT molecular complexity index is 476. The number of benzene rings is 1. The molecule has 0 aromatic heterocycles. The highest BCUT2D eigenvalue weighted by Gasteiger charge is 2.26. The highest BCUT2D eigenvalue weighted by atomic mass is 16.5. The lowest BCUT2D eigenvalue weighted by Gasteiger charge is -2.30. The number of nitrogens with zero attached hydrogens (tertiary/aromatic N) is 2. The molecule has 1 aliphatic rings. The summed E-state index contributed by atoms with van der Waals surface area (Å²) in [7, 11) is 1.67. The third-order valence-corrected chi connectivity index (χ3v) is 4.34. The minimum absolute atomic E-state index is 0.129. The summed E-state index contributed by atoms with van der Waals surface area (Å²) in [6, 6.07) is 8.41. The predicted molar refractivity (Wildman–Crippen MR) is 84.4 cm³/mol. The van der Waals surface area contributed by atoms with E-state index in [-0.39, 0.29) is 5.91 Å². The maximum Gasteiger partial charge on any atom is 0.219 e. The van der Waals surface area contributed by atoms with Crippen LogP contribution >= 0.6 is 0 Å². The van der Waals surface area contributed by atoms with Gasteiger partial charge in [-0.15, -0.1) is 0 Å². The van der Waals surface area contributed by atoms with Crippen molar-refractivity contribution >= 4 is 5.91 Å². The maximum absolute atomic E-state index is 12.0. The maximum atomic E-state index is 12.0. The molecule has 116 valence electrons. The molecule has 1 saturated heterocycles. The Labute approximate surface area is 127 Å². The SMILES string of the molecule is CCN1CCCC1CN(Cc1ccccc1OC)C(C)=O. The monoisotopic (exact) mass is 290 g/mol. The van der Waals surface area contributed by atoms with Gasteiger partial charge in [0.1, 0.15) is 5.75 Å². The Hall–Kier alpha value is -1.55. The van der Waals surface area contributed by atoms with Gasteiger partial charge in [-0.1, -0.05) is 25.1 Å². The number of likely N-dealkylation sites (tertiary alicyclic amines) is 1. The summed E-state index contributed by atoms with van der Waals surface area (Å²) in [5.41, 5.74) is 1.07. The number of methoxy groups -OCH3 is 1. The first-order valence-electron chi connectivity index (χ1n) is 7.77. The molecule has 1 atom stereocenters. The highest BCUT2D eigenvalue weighted by Crippen LogP contribution is 2.22. The summed E-state index contributed by atoms with van der Waals surface area (Å²) >= 11 is 0. The van der Waals surface area contributed by atoms with E-state index in [9.17, 15) is 4.79 Å². The number of carbonyl (C=O) groups excluding carboxylic acids is 1. The molecule has 1 aliphatic heterocycles. The van der Waals surface area contributed by atoms with Crippen LogP contribution in [0.5, 0.6) is 5.75 Å². The molecule has 0 bridgehead atoms. The number of likely N-dealkylation sites (N-methyl/N-ethyl adjacent to an activating group) is 1. The molecule has 0 radical (unpaired) electrons. The van der Waals surface area contributed by atoms with Gasteiger partial charge in [0.2, 0.25) is 5.91 Å². The van der Waals surface area contributed by atoms with Crippen molar-refractivity contribution in [3.8, 4) is 5.75 Å². The Kier molecular flexibility index (Phi) is 5.62. The molecular formula is C17H26N2O2. The summed E-state index contributed by atoms with van der Waals surface area (Å²) in [5, 5.41) is 0. The molecule has 2 rings (SSSR count). The fourth-order valence-corrected chi connectivity index (χ4v) is 3.12. The molecule has 1 aromatic rings. The Morgan fingerprint density at radius 1 is 1.43 bits per heavy atom. The van der Waals surface area contributed by atoms with Crippen LogP contribution in [0.2, 0.25) is 0 Å². The molecule has 4 nitrogen and oxygen atoms in total. The number of ether oxygens (including phenoxy) is 1. The average molecular weight is 290 g/mol. The first kappa shape index (κ1) is 15.8. The minimum atomic E-state index is 0.129. The van der Waals surface area contributed by atoms with Crippen LogP contribution < -0.4 is 4.74 Å². The van der Waals surface area contributed by atoms with E-state index >= 15 is 0 Å². The van der Waals surface area contributed by atoms with E-state index in [0.29, 0.717) is 12.6 Å². The lowest BCUT2D eigenvalue weighted by atomic mass is 10.1. The van der Waals surface area contributed by atoms with Crippen LogP contribution in [0.25, 0.3) is 0 Å². The molecule has 0 N–H and O–H groups in total. The lowest BCUT2D eigenvalue weighted by Crippen LogP contribution is -2.41. The van der Waals surface area contributed by atoms with Gasteiger partial charge in [-0.05, 0) is 32.0 Å². The van der Waals surface area contributed by atoms with Gasteiger partial charge in [-0.2, -0.15) is 0 Å². The first-order chi connectivity index (χ1) is 10.2. The predicted octanol–water partition coefficient (Wildman–Crippen LogP) is 2.53. The van der Waals surface area contributed by atoms with Crippen molar-refractivity contribution in [1.29, 1.82) is 0 Å². The quantitative estimate of drug-likeness (QED) is 0.807. The van der Waals surface area contributed by atoms with Crippen molar-refractivity contribution in [2.45, 2.75) is 39.3 Å². The van der Waals surface area contributed by atoms with E-state index in [1.165, 1.54) is 12.8 Å². The van der Waals surface area contributed by atoms with E-state index in [0.717, 1.165) is 30.9 Å². The third-order valence-electron chi connectivity index (χ3n) is 4.34. The van der Waals surface area contributed by atoms with Gasteiger partial charge in [0.15, 0.2) is 0 Å². The Morgan fingerprint density at radius 3 is 2.86 bits per heavy atom. The molecule has 1 unspecified atom stereocenters. The number of para-hydroxylation sites is 1. The third kappa shape index (κ3) is 3.97. The molecule has 1 heterocycles. The van der Waals surface area contributed by atoms with Crippen LogP contribution in [0.4, 0.5) is 0 Å². The zero-order valence-corrected chi connectivity index (χ0v) is 13.3. The summed E-state index contributed by atoms with van der Waals surface area (Å²) in [5.74, 6) is 0.978. The van der Waals surface area contributed by atoms with E-state index in [4.69, 9.17) is 4.74 Å². The average Bonchev–Trinajstić information content (AvgIpc) is 2.94. The van der Waals surface area contributed by atoms with Gasteiger partial charge in [-0.25, -0.2) is 0 Å². The van der Waals surface area contributed by atoms with Gasteiger partial charge >= 0.3 is 0 Å². The molecule has 4 heteroatoms. The zero-order chi connectivity index (χ0) is 15.2. The van der Waals surface area contributed by atoms with Crippen LogP contribution in [-0.4, -0.2) is 48.5 Å². The van der Waals surface area contributed by atoms with Gasteiger partial charge in [-0.3, -0.25) is 9.69 Å². The number of hydrogen-bond acceptors (Lipinski definition) is 3. The van der Waals surface area contributed by atoms with E-state index in [1.807, 2.05) is 29.2 Å². The fraction of sp³-hybridized carbons (Fsp3) is 0.588. The summed E-state index contributed by atoms with van der Waals surface area (Å²) in [6.45, 7) is 7.48. The Morgan fingerprint density at radius 2 is 2.19 bits per heavy atom. The lowest BCUT2D eigenvalue weighted by molar-refractivity contribution is -0.130. The number of carbonyl (C=O) groups is 1. The van der Waals surface area contributed by atoms with Crippen molar-refractivity contribution in [3.05, 3.63) is 29.8 Å². The van der Waals surface area contributed by atoms with E-state index in [2.05, 4.69) is 11.8 Å². The van der Waals surface area contributed by atoms with Crippen LogP contribution in [0.15, 0.2) is 24.3 Å². The van der Waals surface area contributed by atoms with E-state index < -0.39 is 0 Å². The van der Waals surface area contributed by atoms with Crippen molar-refractivity contribution in [2.24, 2.45) is 0 Å². The normalized spacial score (nSPS) is 18.7. The standard InChI is InChI=1S/C17H26N2O2/c1-4-18-11-7-9-16(18)13-19(14(2)20)12-15-8-5-6-10-17(15)21-3/h5-6,8,10,16H,4,7,9,11-13H2,1-3H3. The highest BCUT2D eigenvalue weighted by molar-refractivity contribution is 5.73. The Balaban J connectivity index is 2.07. The second kappa shape index (κ2) is 7.46.